The lowest BCUT2D eigenvalue weighted by molar-refractivity contribution is -0.217. The van der Waals surface area contributed by atoms with E-state index in [1.165, 1.54) is 24.0 Å². The van der Waals surface area contributed by atoms with Gasteiger partial charge in [-0.3, -0.25) is 9.69 Å². The normalized spacial score (nSPS) is 31.7. The van der Waals surface area contributed by atoms with Crippen molar-refractivity contribution in [2.24, 2.45) is 5.92 Å². The first-order valence-corrected chi connectivity index (χ1v) is 14.1. The summed E-state index contributed by atoms with van der Waals surface area (Å²) in [6.45, 7) is 6.00. The van der Waals surface area contributed by atoms with Crippen LogP contribution < -0.4 is 4.74 Å². The molecule has 0 aromatic heterocycles. The summed E-state index contributed by atoms with van der Waals surface area (Å²) in [7, 11) is 1.80. The number of phenols is 1. The Hall–Kier alpha value is -2.72. The summed E-state index contributed by atoms with van der Waals surface area (Å²) < 4.78 is 6.46. The summed E-state index contributed by atoms with van der Waals surface area (Å²) in [5.41, 5.74) is 3.48. The maximum absolute atomic E-state index is 13.5. The predicted octanol–water partition coefficient (Wildman–Crippen LogP) is 3.87. The topological polar surface area (TPSA) is 73.2 Å². The lowest BCUT2D eigenvalue weighted by Crippen LogP contribution is -2.81. The van der Waals surface area contributed by atoms with E-state index in [1.54, 1.807) is 18.0 Å². The summed E-state index contributed by atoms with van der Waals surface area (Å²) in [6, 6.07) is 9.23. The largest absolute Gasteiger partial charge is 0.504 e. The van der Waals surface area contributed by atoms with E-state index in [9.17, 15) is 15.0 Å². The molecule has 5 aliphatic rings. The van der Waals surface area contributed by atoms with E-state index in [0.29, 0.717) is 24.5 Å². The van der Waals surface area contributed by atoms with Gasteiger partial charge in [-0.2, -0.15) is 0 Å². The number of hydrogen-bond donors (Lipinski definition) is 2. The zero-order valence-electron chi connectivity index (χ0n) is 22.9. The average molecular weight is 549 g/mol. The van der Waals surface area contributed by atoms with Crippen LogP contribution in [0.25, 0.3) is 0 Å². The van der Waals surface area contributed by atoms with Gasteiger partial charge < -0.3 is 19.8 Å². The molecule has 1 saturated heterocycles. The third-order valence-electron chi connectivity index (χ3n) is 10.4. The lowest BCUT2D eigenvalue weighted by atomic mass is 9.47. The van der Waals surface area contributed by atoms with Gasteiger partial charge in [0.05, 0.1) is 11.5 Å². The van der Waals surface area contributed by atoms with Crippen molar-refractivity contribution in [1.29, 1.82) is 0 Å². The number of benzene rings is 2. The van der Waals surface area contributed by atoms with Gasteiger partial charge >= 0.3 is 0 Å². The van der Waals surface area contributed by atoms with E-state index < -0.39 is 17.1 Å². The number of carbonyl (C=O) groups is 1. The molecule has 2 aromatic rings. The first-order chi connectivity index (χ1) is 18.2. The number of rotatable bonds is 3. The van der Waals surface area contributed by atoms with Crippen molar-refractivity contribution >= 4 is 18.3 Å². The van der Waals surface area contributed by atoms with Crippen LogP contribution in [0, 0.1) is 31.6 Å². The third-order valence-corrected chi connectivity index (χ3v) is 10.4. The summed E-state index contributed by atoms with van der Waals surface area (Å²) in [4.78, 5) is 17.7. The first kappa shape index (κ1) is 26.5. The molecule has 7 rings (SSSR count). The van der Waals surface area contributed by atoms with Gasteiger partial charge in [-0.1, -0.05) is 18.1 Å². The fourth-order valence-corrected chi connectivity index (χ4v) is 8.15. The second-order valence-corrected chi connectivity index (χ2v) is 12.3. The Morgan fingerprint density at radius 1 is 1.15 bits per heavy atom. The Balaban J connectivity index is 0.00000277. The molecular weight excluding hydrogens is 512 g/mol. The van der Waals surface area contributed by atoms with Gasteiger partial charge in [0.25, 0.3) is 5.91 Å². The van der Waals surface area contributed by atoms with E-state index in [1.807, 2.05) is 31.2 Å². The number of piperidine rings is 1. The minimum atomic E-state index is -1.19. The summed E-state index contributed by atoms with van der Waals surface area (Å²) >= 11 is 0. The summed E-state index contributed by atoms with van der Waals surface area (Å²) in [6.07, 6.45) is 5.10. The van der Waals surface area contributed by atoms with Gasteiger partial charge in [-0.15, -0.1) is 12.4 Å². The van der Waals surface area contributed by atoms with Gasteiger partial charge in [-0.25, -0.2) is 0 Å². The second kappa shape index (κ2) is 9.16. The molecule has 0 radical (unpaired) electrons. The van der Waals surface area contributed by atoms with Gasteiger partial charge in [0, 0.05) is 36.7 Å². The number of likely N-dealkylation sites (tertiary alicyclic amines) is 1. The smallest absolute Gasteiger partial charge is 0.298 e. The molecule has 7 heteroatoms. The summed E-state index contributed by atoms with van der Waals surface area (Å²) in [5.74, 6) is 7.04. The number of aromatic hydroxyl groups is 1. The van der Waals surface area contributed by atoms with Crippen molar-refractivity contribution in [3.05, 3.63) is 58.1 Å². The highest BCUT2D eigenvalue weighted by Gasteiger charge is 2.74. The molecule has 5 atom stereocenters. The molecule has 39 heavy (non-hydrogen) atoms. The van der Waals surface area contributed by atoms with E-state index in [2.05, 4.69) is 23.7 Å². The van der Waals surface area contributed by atoms with Crippen molar-refractivity contribution in [1.82, 2.24) is 9.80 Å². The highest BCUT2D eigenvalue weighted by atomic mass is 35.5. The van der Waals surface area contributed by atoms with Crippen LogP contribution in [0.1, 0.15) is 59.9 Å². The van der Waals surface area contributed by atoms with Crippen LogP contribution in [-0.2, 0) is 16.6 Å². The Bertz CT molecular complexity index is 1410. The van der Waals surface area contributed by atoms with Crippen LogP contribution in [0.15, 0.2) is 30.3 Å². The molecule has 2 aliphatic heterocycles. The zero-order chi connectivity index (χ0) is 26.4. The molecule has 2 aromatic carbocycles. The fourth-order valence-electron chi connectivity index (χ4n) is 8.15. The molecule has 0 unspecified atom stereocenters. The van der Waals surface area contributed by atoms with Crippen LogP contribution >= 0.6 is 12.4 Å². The predicted molar refractivity (Wildman–Crippen MR) is 151 cm³/mol. The van der Waals surface area contributed by atoms with E-state index >= 15 is 0 Å². The highest BCUT2D eigenvalue weighted by molar-refractivity contribution is 5.94. The fraction of sp³-hybridized carbons (Fsp3) is 0.531. The molecular formula is C32H37ClN2O4. The van der Waals surface area contributed by atoms with Crippen LogP contribution in [0.2, 0.25) is 0 Å². The minimum Gasteiger partial charge on any atom is -0.504 e. The lowest BCUT2D eigenvalue weighted by Gasteiger charge is -2.66. The zero-order valence-corrected chi connectivity index (χ0v) is 23.7. The van der Waals surface area contributed by atoms with Crippen molar-refractivity contribution in [3.8, 4) is 23.3 Å². The van der Waals surface area contributed by atoms with Crippen LogP contribution in [0.5, 0.6) is 11.5 Å². The molecule has 1 spiro atoms. The van der Waals surface area contributed by atoms with Gasteiger partial charge in [0.2, 0.25) is 0 Å². The van der Waals surface area contributed by atoms with Gasteiger partial charge in [0.1, 0.15) is 11.7 Å². The Morgan fingerprint density at radius 3 is 2.69 bits per heavy atom. The highest BCUT2D eigenvalue weighted by Crippen LogP contribution is 2.66. The number of ether oxygens (including phenoxy) is 1. The van der Waals surface area contributed by atoms with E-state index in [-0.39, 0.29) is 36.2 Å². The molecule has 2 bridgehead atoms. The number of aryl methyl sites for hydroxylation is 2. The number of likely N-dealkylation sites (N-methyl/N-ethyl adjacent to an activating group) is 1. The quantitative estimate of drug-likeness (QED) is 0.570. The Labute approximate surface area is 236 Å². The average Bonchev–Trinajstić information content (AvgIpc) is 3.64. The number of amides is 1. The third kappa shape index (κ3) is 3.66. The standard InChI is InChI=1S/C32H36N2O4.ClH/c1-19-4-5-21(16-20(19)2)8-13-28(36)33(3)25-11-12-27-31-14-15-34(18-22-6-7-22)26(32(25,31)37)17-23-9-10-24(35)30(38-27)29(23)31;/h4-5,9-10,16,22,25-27,35,37H,6-7,11-12,14-15,17-18H2,1-3H3;1H/t25-,26+,27-,31+,32+;/m0./s1. The number of nitrogens with zero attached hydrogens (tertiary/aromatic N) is 2. The molecule has 3 fully saturated rings. The molecule has 2 heterocycles. The van der Waals surface area contributed by atoms with Crippen LogP contribution in [-0.4, -0.2) is 69.8 Å². The van der Waals surface area contributed by atoms with Crippen molar-refractivity contribution in [3.63, 3.8) is 0 Å². The van der Waals surface area contributed by atoms with Gasteiger partial charge in [-0.05, 0) is 99.7 Å². The Morgan fingerprint density at radius 2 is 1.95 bits per heavy atom. The Kier molecular flexibility index (Phi) is 6.22. The maximum atomic E-state index is 13.5. The van der Waals surface area contributed by atoms with Crippen LogP contribution in [0.4, 0.5) is 0 Å². The SMILES string of the molecule is Cc1ccc(C#CC(=O)N(C)[C@H]2CC[C@@H]3Oc4c(O)ccc5c4[C@@]34CCN(CC3CC3)[C@H](C5)[C@]24O)cc1C.Cl. The molecule has 6 nitrogen and oxygen atoms in total. The molecule has 206 valence electrons. The molecule has 3 aliphatic carbocycles. The van der Waals surface area contributed by atoms with Crippen molar-refractivity contribution in [2.75, 3.05) is 20.1 Å². The number of hydrogen-bond acceptors (Lipinski definition) is 5. The van der Waals surface area contributed by atoms with Crippen molar-refractivity contribution in [2.45, 2.75) is 81.6 Å². The number of aliphatic hydroxyl groups is 1. The van der Waals surface area contributed by atoms with E-state index in [0.717, 1.165) is 42.6 Å². The summed E-state index contributed by atoms with van der Waals surface area (Å²) in [5, 5.41) is 23.8. The van der Waals surface area contributed by atoms with Crippen LogP contribution in [0.3, 0.4) is 0 Å². The van der Waals surface area contributed by atoms with E-state index in [4.69, 9.17) is 4.74 Å². The maximum Gasteiger partial charge on any atom is 0.298 e. The number of carbonyl (C=O) groups excluding carboxylic acids is 1. The first-order valence-electron chi connectivity index (χ1n) is 14.1. The number of phenolic OH excluding ortho intramolecular Hbond substituents is 1. The molecule has 1 amide bonds. The molecule has 2 saturated carbocycles. The monoisotopic (exact) mass is 548 g/mol. The second-order valence-electron chi connectivity index (χ2n) is 12.3. The molecule has 2 N–H and O–H groups in total. The minimum absolute atomic E-state index is 0. The van der Waals surface area contributed by atoms with Crippen molar-refractivity contribution < 1.29 is 19.7 Å². The van der Waals surface area contributed by atoms with Gasteiger partial charge in [0.15, 0.2) is 11.5 Å². The number of halogens is 1.